The maximum absolute atomic E-state index is 13.2. The predicted molar refractivity (Wildman–Crippen MR) is 81.7 cm³/mol. The first-order valence-corrected chi connectivity index (χ1v) is 7.13. The predicted octanol–water partition coefficient (Wildman–Crippen LogP) is 0.934. The molecule has 8 nitrogen and oxygen atoms in total. The highest BCUT2D eigenvalue weighted by Crippen LogP contribution is 2.20. The molecule has 1 unspecified atom stereocenters. The first kappa shape index (κ1) is 17.8. The van der Waals surface area contributed by atoms with E-state index < -0.39 is 29.8 Å². The number of aromatic nitrogens is 3. The highest BCUT2D eigenvalue weighted by molar-refractivity contribution is 6.30. The first-order chi connectivity index (χ1) is 11.1. The van der Waals surface area contributed by atoms with Gasteiger partial charge < -0.3 is 15.5 Å². The van der Waals surface area contributed by atoms with Gasteiger partial charge in [0, 0.05) is 0 Å². The normalized spacial score (nSPS) is 13.4. The van der Waals surface area contributed by atoms with Crippen LogP contribution in [0.25, 0.3) is 5.69 Å². The van der Waals surface area contributed by atoms with Crippen molar-refractivity contribution in [2.45, 2.75) is 19.4 Å². The van der Waals surface area contributed by atoms with Crippen LogP contribution in [0.5, 0.6) is 0 Å². The Morgan fingerprint density at radius 2 is 2.12 bits per heavy atom. The summed E-state index contributed by atoms with van der Waals surface area (Å²) < 4.78 is 14.5. The molecule has 2 aromatic rings. The molecule has 1 aromatic carbocycles. The number of amides is 1. The van der Waals surface area contributed by atoms with Crippen LogP contribution in [0.4, 0.5) is 4.39 Å². The van der Waals surface area contributed by atoms with Gasteiger partial charge in [-0.3, -0.25) is 4.79 Å². The van der Waals surface area contributed by atoms with Gasteiger partial charge >= 0.3 is 5.97 Å². The van der Waals surface area contributed by atoms with Crippen LogP contribution in [-0.2, 0) is 4.79 Å². The summed E-state index contributed by atoms with van der Waals surface area (Å²) >= 11 is 5.72. The fraction of sp³-hybridized carbons (Fsp3) is 0.286. The number of hydrogen-bond acceptors (Lipinski definition) is 5. The molecule has 1 aromatic heterocycles. The zero-order valence-electron chi connectivity index (χ0n) is 12.7. The van der Waals surface area contributed by atoms with E-state index in [0.29, 0.717) is 11.4 Å². The summed E-state index contributed by atoms with van der Waals surface area (Å²) in [6, 6.07) is 3.90. The molecule has 0 aliphatic heterocycles. The van der Waals surface area contributed by atoms with Gasteiger partial charge in [0.25, 0.3) is 5.91 Å². The van der Waals surface area contributed by atoms with Crippen LogP contribution in [0.15, 0.2) is 18.2 Å². The smallest absolute Gasteiger partial charge is 0.337 e. The maximum atomic E-state index is 13.2. The molecule has 0 fully saturated rings. The van der Waals surface area contributed by atoms with Gasteiger partial charge in [0.15, 0.2) is 11.3 Å². The van der Waals surface area contributed by atoms with Gasteiger partial charge in [0.2, 0.25) is 0 Å². The Labute approximate surface area is 140 Å². The number of hydrogen-bond donors (Lipinski definition) is 3. The Bertz CT molecular complexity index is 806. The minimum atomic E-state index is -2.11. The number of halogens is 2. The number of nitrogens with one attached hydrogen (secondary N) is 1. The number of rotatable bonds is 5. The molecule has 0 bridgehead atoms. The molecule has 0 spiro atoms. The lowest BCUT2D eigenvalue weighted by atomic mass is 10.1. The van der Waals surface area contributed by atoms with Crippen LogP contribution in [0.3, 0.4) is 0 Å². The van der Waals surface area contributed by atoms with Crippen LogP contribution >= 0.6 is 11.6 Å². The minimum absolute atomic E-state index is 0.0587. The van der Waals surface area contributed by atoms with E-state index >= 15 is 0 Å². The number of carbonyl (C=O) groups excluding carboxylic acids is 1. The van der Waals surface area contributed by atoms with E-state index in [1.165, 1.54) is 16.8 Å². The number of nitrogens with zero attached hydrogens (tertiary/aromatic N) is 3. The third-order valence-electron chi connectivity index (χ3n) is 3.31. The van der Waals surface area contributed by atoms with E-state index in [0.717, 1.165) is 13.0 Å². The molecule has 0 saturated heterocycles. The first-order valence-electron chi connectivity index (χ1n) is 6.75. The maximum Gasteiger partial charge on any atom is 0.337 e. The fourth-order valence-electron chi connectivity index (χ4n) is 1.81. The number of aliphatic hydroxyl groups is 1. The van der Waals surface area contributed by atoms with Crippen LogP contribution in [0.1, 0.15) is 23.1 Å². The summed E-state index contributed by atoms with van der Waals surface area (Å²) in [6.45, 7) is 2.11. The molecule has 0 aliphatic carbocycles. The summed E-state index contributed by atoms with van der Waals surface area (Å²) in [5, 5.41) is 28.1. The van der Waals surface area contributed by atoms with Crippen molar-refractivity contribution in [1.82, 2.24) is 20.3 Å². The zero-order valence-corrected chi connectivity index (χ0v) is 13.5. The van der Waals surface area contributed by atoms with Crippen molar-refractivity contribution in [1.29, 1.82) is 0 Å². The number of carbonyl (C=O) groups is 2. The Morgan fingerprint density at radius 3 is 2.71 bits per heavy atom. The average Bonchev–Trinajstić information content (AvgIpc) is 2.89. The van der Waals surface area contributed by atoms with Crippen molar-refractivity contribution >= 4 is 23.5 Å². The van der Waals surface area contributed by atoms with Gasteiger partial charge in [0.05, 0.1) is 22.9 Å². The van der Waals surface area contributed by atoms with Crippen LogP contribution in [0.2, 0.25) is 5.02 Å². The van der Waals surface area contributed by atoms with Gasteiger partial charge in [0.1, 0.15) is 5.82 Å². The fourth-order valence-corrected chi connectivity index (χ4v) is 1.99. The molecular weight excluding hydrogens is 343 g/mol. The molecule has 24 heavy (non-hydrogen) atoms. The van der Waals surface area contributed by atoms with Gasteiger partial charge in [-0.15, -0.1) is 5.10 Å². The molecule has 10 heteroatoms. The van der Waals surface area contributed by atoms with E-state index in [4.69, 9.17) is 16.7 Å². The van der Waals surface area contributed by atoms with Crippen molar-refractivity contribution in [3.8, 4) is 5.69 Å². The van der Waals surface area contributed by atoms with Gasteiger partial charge in [-0.05, 0) is 32.0 Å². The lowest BCUT2D eigenvalue weighted by Crippen LogP contribution is -2.46. The third kappa shape index (κ3) is 3.52. The standard InChI is InChI=1S/C14H14ClFN4O4/c1-7-11(12(21)17-6-14(2,24)13(22)23)18-19-20(7)8-3-4-10(16)9(15)5-8/h3-5,24H,6H2,1-2H3,(H,17,21)(H,22,23). The van der Waals surface area contributed by atoms with Gasteiger partial charge in [-0.2, -0.15) is 0 Å². The number of carboxylic acids is 1. The number of carboxylic acid groups (broad SMARTS) is 1. The zero-order chi connectivity index (χ0) is 18.1. The van der Waals surface area contributed by atoms with Gasteiger partial charge in [-0.25, -0.2) is 13.9 Å². The topological polar surface area (TPSA) is 117 Å². The van der Waals surface area contributed by atoms with Crippen LogP contribution < -0.4 is 5.32 Å². The van der Waals surface area contributed by atoms with Crippen molar-refractivity contribution < 1.29 is 24.2 Å². The largest absolute Gasteiger partial charge is 0.479 e. The average molecular weight is 357 g/mol. The molecular formula is C14H14ClFN4O4. The minimum Gasteiger partial charge on any atom is -0.479 e. The number of benzene rings is 1. The summed E-state index contributed by atoms with van der Waals surface area (Å²) in [4.78, 5) is 22.9. The van der Waals surface area contributed by atoms with Gasteiger partial charge in [-0.1, -0.05) is 16.8 Å². The Morgan fingerprint density at radius 1 is 1.46 bits per heavy atom. The second-order valence-corrected chi connectivity index (χ2v) is 5.70. The van der Waals surface area contributed by atoms with E-state index in [1.54, 1.807) is 6.92 Å². The van der Waals surface area contributed by atoms with Crippen LogP contribution in [0, 0.1) is 12.7 Å². The lowest BCUT2D eigenvalue weighted by Gasteiger charge is -2.17. The molecule has 2 rings (SSSR count). The molecule has 3 N–H and O–H groups in total. The van der Waals surface area contributed by atoms with Crippen molar-refractivity contribution in [3.63, 3.8) is 0 Å². The lowest BCUT2D eigenvalue weighted by molar-refractivity contribution is -0.155. The molecule has 0 saturated carbocycles. The molecule has 128 valence electrons. The molecule has 1 amide bonds. The second kappa shape index (κ2) is 6.54. The third-order valence-corrected chi connectivity index (χ3v) is 3.60. The Balaban J connectivity index is 2.21. The van der Waals surface area contributed by atoms with E-state index in [-0.39, 0.29) is 10.7 Å². The monoisotopic (exact) mass is 356 g/mol. The highest BCUT2D eigenvalue weighted by Gasteiger charge is 2.31. The summed E-state index contributed by atoms with van der Waals surface area (Å²) in [5.74, 6) is -2.76. The summed E-state index contributed by atoms with van der Waals surface area (Å²) in [6.07, 6.45) is 0. The SMILES string of the molecule is Cc1c(C(=O)NCC(C)(O)C(=O)O)nnn1-c1ccc(F)c(Cl)c1. The van der Waals surface area contributed by atoms with Crippen molar-refractivity contribution in [3.05, 3.63) is 40.4 Å². The van der Waals surface area contributed by atoms with Crippen molar-refractivity contribution in [2.24, 2.45) is 0 Å². The molecule has 0 radical (unpaired) electrons. The summed E-state index contributed by atoms with van der Waals surface area (Å²) in [5.41, 5.74) is -1.42. The highest BCUT2D eigenvalue weighted by atomic mass is 35.5. The Hall–Kier alpha value is -2.52. The second-order valence-electron chi connectivity index (χ2n) is 5.30. The van der Waals surface area contributed by atoms with E-state index in [2.05, 4.69) is 15.6 Å². The Kier molecular flexibility index (Phi) is 4.86. The molecule has 0 aliphatic rings. The van der Waals surface area contributed by atoms with E-state index in [1.807, 2.05) is 0 Å². The van der Waals surface area contributed by atoms with Crippen LogP contribution in [-0.4, -0.2) is 49.2 Å². The molecule has 1 atom stereocenters. The van der Waals surface area contributed by atoms with E-state index in [9.17, 15) is 19.1 Å². The quantitative estimate of drug-likeness (QED) is 0.733. The molecule has 1 heterocycles. The van der Waals surface area contributed by atoms with Crippen molar-refractivity contribution in [2.75, 3.05) is 6.54 Å². The summed E-state index contributed by atoms with van der Waals surface area (Å²) in [7, 11) is 0. The number of aliphatic carboxylic acids is 1.